The largest absolute Gasteiger partial charge is 0.257 e. The van der Waals surface area contributed by atoms with Crippen molar-refractivity contribution in [1.82, 2.24) is 19.9 Å². The van der Waals surface area contributed by atoms with Gasteiger partial charge in [-0.25, -0.2) is 9.97 Å². The molecule has 0 aliphatic heterocycles. The van der Waals surface area contributed by atoms with Crippen molar-refractivity contribution in [1.29, 1.82) is 0 Å². The highest BCUT2D eigenvalue weighted by molar-refractivity contribution is 5.98. The summed E-state index contributed by atoms with van der Waals surface area (Å²) in [5.74, 6) is 0.938. The van der Waals surface area contributed by atoms with E-state index < -0.39 is 0 Å². The minimum Gasteiger partial charge on any atom is -0.257 e. The van der Waals surface area contributed by atoms with Crippen molar-refractivity contribution in [2.75, 3.05) is 0 Å². The zero-order valence-corrected chi connectivity index (χ0v) is 31.8. The Kier molecular flexibility index (Phi) is 9.00. The Morgan fingerprint density at radius 3 is 1.98 bits per heavy atom. The van der Waals surface area contributed by atoms with Crippen LogP contribution in [0.4, 0.5) is 0 Å². The van der Waals surface area contributed by atoms with Crippen LogP contribution < -0.4 is 0 Å². The number of allylic oxidation sites excluding steroid dienone is 5. The lowest BCUT2D eigenvalue weighted by Gasteiger charge is -2.22. The highest BCUT2D eigenvalue weighted by Crippen LogP contribution is 2.40. The molecule has 0 saturated carbocycles. The Hall–Kier alpha value is -7.04. The van der Waals surface area contributed by atoms with E-state index >= 15 is 0 Å². The van der Waals surface area contributed by atoms with Gasteiger partial charge in [-0.1, -0.05) is 128 Å². The second kappa shape index (κ2) is 14.9. The van der Waals surface area contributed by atoms with E-state index in [0.29, 0.717) is 5.82 Å². The molecule has 3 aromatic heterocycles. The fourth-order valence-electron chi connectivity index (χ4n) is 8.45. The Morgan fingerprint density at radius 2 is 1.19 bits per heavy atom. The summed E-state index contributed by atoms with van der Waals surface area (Å²) in [5.41, 5.74) is 16.8. The number of hydrogen-bond donors (Lipinski definition) is 0. The van der Waals surface area contributed by atoms with Crippen LogP contribution in [0.1, 0.15) is 42.3 Å². The summed E-state index contributed by atoms with van der Waals surface area (Å²) in [7, 11) is 0. The molecular weight excluding hydrogens is 693 g/mol. The first-order chi connectivity index (χ1) is 28.1. The zero-order valence-electron chi connectivity index (χ0n) is 31.8. The van der Waals surface area contributed by atoms with Crippen molar-refractivity contribution in [2.24, 2.45) is 5.92 Å². The van der Waals surface area contributed by atoms with Gasteiger partial charge in [0, 0.05) is 29.1 Å². The predicted molar refractivity (Wildman–Crippen MR) is 236 cm³/mol. The van der Waals surface area contributed by atoms with E-state index in [4.69, 9.17) is 9.97 Å². The smallest absolute Gasteiger partial charge is 0.160 e. The van der Waals surface area contributed by atoms with Gasteiger partial charge in [0.25, 0.3) is 0 Å². The maximum absolute atomic E-state index is 5.44. The lowest BCUT2D eigenvalue weighted by molar-refractivity contribution is 0.763. The minimum atomic E-state index is 0.232. The monoisotopic (exact) mass is 732 g/mol. The molecule has 1 unspecified atom stereocenters. The predicted octanol–water partition coefficient (Wildman–Crippen LogP) is 13.2. The highest BCUT2D eigenvalue weighted by Gasteiger charge is 2.22. The van der Waals surface area contributed by atoms with Crippen molar-refractivity contribution in [2.45, 2.75) is 26.2 Å². The molecule has 1 atom stereocenters. The van der Waals surface area contributed by atoms with Crippen LogP contribution in [-0.2, 0) is 6.42 Å². The first-order valence-electron chi connectivity index (χ1n) is 19.8. The van der Waals surface area contributed by atoms with Crippen molar-refractivity contribution in [3.05, 3.63) is 199 Å². The molecule has 10 rings (SSSR count). The quantitative estimate of drug-likeness (QED) is 0.164. The molecule has 0 saturated heterocycles. The third kappa shape index (κ3) is 6.81. The summed E-state index contributed by atoms with van der Waals surface area (Å²) in [5, 5.41) is 2.44. The number of hydrogen-bond acceptors (Lipinski definition) is 4. The Balaban J connectivity index is 1.17. The van der Waals surface area contributed by atoms with E-state index in [1.54, 1.807) is 0 Å². The van der Waals surface area contributed by atoms with Crippen LogP contribution in [-0.4, -0.2) is 19.9 Å². The lowest BCUT2D eigenvalue weighted by Crippen LogP contribution is -2.08. The van der Waals surface area contributed by atoms with Crippen molar-refractivity contribution >= 4 is 28.0 Å². The maximum Gasteiger partial charge on any atom is 0.160 e. The third-order valence-corrected chi connectivity index (χ3v) is 11.4. The van der Waals surface area contributed by atoms with E-state index in [-0.39, 0.29) is 5.92 Å². The summed E-state index contributed by atoms with van der Waals surface area (Å²) in [4.78, 5) is 20.1. The normalized spacial score (nSPS) is 14.9. The highest BCUT2D eigenvalue weighted by atomic mass is 14.9. The molecule has 2 aliphatic rings. The summed E-state index contributed by atoms with van der Waals surface area (Å²) in [6.45, 7) is 2.29. The number of aromatic nitrogens is 4. The summed E-state index contributed by atoms with van der Waals surface area (Å²) < 4.78 is 0. The second-order valence-corrected chi connectivity index (χ2v) is 15.0. The van der Waals surface area contributed by atoms with Gasteiger partial charge in [-0.05, 0) is 129 Å². The van der Waals surface area contributed by atoms with E-state index in [1.807, 2.05) is 36.7 Å². The van der Waals surface area contributed by atoms with E-state index in [1.165, 1.54) is 49.7 Å². The summed E-state index contributed by atoms with van der Waals surface area (Å²) in [6, 6.07) is 51.7. The fraction of sp³-hybridized carbons (Fsp3) is 0.0943. The standard InChI is InChI=1S/C53H40N4/c1-35-30-40(50-21-7-9-29-55-50)26-27-44(35)52-34-51(39-24-22-38(23-25-39)49-20-6-8-28-54-49)56-53(57-52)43-32-41(47-18-10-14-36-12-2-4-16-45(36)47)31-42(33-43)48-19-11-15-37-13-3-5-17-46(37)48/h2-4,6-16,18-29,31-35H,5,17,30H2,1H3. The van der Waals surface area contributed by atoms with Crippen LogP contribution in [0.5, 0.6) is 0 Å². The molecule has 2 aliphatic carbocycles. The molecule has 0 fully saturated rings. The van der Waals surface area contributed by atoms with Gasteiger partial charge in [0.1, 0.15) is 0 Å². The van der Waals surface area contributed by atoms with E-state index in [9.17, 15) is 0 Å². The molecule has 57 heavy (non-hydrogen) atoms. The maximum atomic E-state index is 5.44. The zero-order chi connectivity index (χ0) is 38.1. The average Bonchev–Trinajstić information content (AvgIpc) is 3.29. The summed E-state index contributed by atoms with van der Waals surface area (Å²) in [6.07, 6.45) is 15.6. The second-order valence-electron chi connectivity index (χ2n) is 15.0. The van der Waals surface area contributed by atoms with Gasteiger partial charge in [0.2, 0.25) is 0 Å². The van der Waals surface area contributed by atoms with Gasteiger partial charge >= 0.3 is 0 Å². The van der Waals surface area contributed by atoms with Gasteiger partial charge in [-0.2, -0.15) is 0 Å². The third-order valence-electron chi connectivity index (χ3n) is 11.4. The molecule has 5 aromatic carbocycles. The van der Waals surface area contributed by atoms with Gasteiger partial charge in [0.05, 0.1) is 22.8 Å². The number of nitrogens with zero attached hydrogens (tertiary/aromatic N) is 4. The molecule has 4 heteroatoms. The van der Waals surface area contributed by atoms with Crippen molar-refractivity contribution < 1.29 is 0 Å². The molecular formula is C53H40N4. The van der Waals surface area contributed by atoms with Gasteiger partial charge in [0.15, 0.2) is 5.82 Å². The van der Waals surface area contributed by atoms with Gasteiger partial charge in [-0.3, -0.25) is 9.97 Å². The Morgan fingerprint density at radius 1 is 0.526 bits per heavy atom. The molecule has 272 valence electrons. The number of benzene rings is 5. The Labute approximate surface area is 333 Å². The molecule has 0 bridgehead atoms. The van der Waals surface area contributed by atoms with E-state index in [0.717, 1.165) is 64.3 Å². The molecule has 0 spiro atoms. The number of pyridine rings is 2. The lowest BCUT2D eigenvalue weighted by atomic mass is 9.85. The SMILES string of the molecule is CC1CC(c2ccccn2)=CC=C1c1cc(-c2ccc(-c3ccccn3)cc2)nc(-c2cc(-c3cccc4c3CCC=C4)cc(-c3cccc4ccccc34)c2)n1. The van der Waals surface area contributed by atoms with E-state index in [2.05, 4.69) is 163 Å². The molecule has 0 radical (unpaired) electrons. The van der Waals surface area contributed by atoms with Crippen LogP contribution in [0.3, 0.4) is 0 Å². The van der Waals surface area contributed by atoms with Gasteiger partial charge < -0.3 is 0 Å². The van der Waals surface area contributed by atoms with Crippen LogP contribution >= 0.6 is 0 Å². The molecule has 0 N–H and O–H groups in total. The average molecular weight is 733 g/mol. The minimum absolute atomic E-state index is 0.232. The van der Waals surface area contributed by atoms with Crippen LogP contribution in [0.2, 0.25) is 0 Å². The fourth-order valence-corrected chi connectivity index (χ4v) is 8.45. The van der Waals surface area contributed by atoms with Crippen LogP contribution in [0.15, 0.2) is 176 Å². The first-order valence-corrected chi connectivity index (χ1v) is 19.8. The Bertz CT molecular complexity index is 2860. The molecule has 0 amide bonds. The summed E-state index contributed by atoms with van der Waals surface area (Å²) >= 11 is 0. The molecule has 4 nitrogen and oxygen atoms in total. The number of fused-ring (bicyclic) bond motifs is 2. The van der Waals surface area contributed by atoms with Crippen LogP contribution in [0.25, 0.3) is 84.2 Å². The first kappa shape index (κ1) is 34.5. The topological polar surface area (TPSA) is 51.6 Å². The molecule has 3 heterocycles. The van der Waals surface area contributed by atoms with Crippen molar-refractivity contribution in [3.8, 4) is 56.2 Å². The van der Waals surface area contributed by atoms with Gasteiger partial charge in [-0.15, -0.1) is 0 Å². The van der Waals surface area contributed by atoms with Crippen LogP contribution in [0, 0.1) is 5.92 Å². The molecule has 8 aromatic rings. The van der Waals surface area contributed by atoms with Crippen molar-refractivity contribution in [3.63, 3.8) is 0 Å². The number of rotatable bonds is 7.